The number of imide groups is 1. The summed E-state index contributed by atoms with van der Waals surface area (Å²) in [6.07, 6.45) is 1.30. The van der Waals surface area contributed by atoms with Crippen LogP contribution >= 0.6 is 0 Å². The van der Waals surface area contributed by atoms with Crippen LogP contribution in [0.3, 0.4) is 0 Å². The average molecular weight is 245 g/mol. The summed E-state index contributed by atoms with van der Waals surface area (Å²) in [4.78, 5) is 25.0. The smallest absolute Gasteiger partial charge is 0.257 e. The van der Waals surface area contributed by atoms with Gasteiger partial charge in [-0.2, -0.15) is 0 Å². The lowest BCUT2D eigenvalue weighted by Crippen LogP contribution is -2.50. The van der Waals surface area contributed by atoms with Gasteiger partial charge in [-0.25, -0.2) is 0 Å². The van der Waals surface area contributed by atoms with Crippen molar-refractivity contribution >= 4 is 11.8 Å². The summed E-state index contributed by atoms with van der Waals surface area (Å²) in [5, 5.41) is 9.65. The Bertz CT molecular complexity index is 521. The van der Waals surface area contributed by atoms with E-state index in [4.69, 9.17) is 0 Å². The van der Waals surface area contributed by atoms with Gasteiger partial charge in [0.1, 0.15) is 0 Å². The van der Waals surface area contributed by atoms with Crippen LogP contribution in [0.15, 0.2) is 42.0 Å². The summed E-state index contributed by atoms with van der Waals surface area (Å²) in [6, 6.07) is 9.07. The zero-order valence-corrected chi connectivity index (χ0v) is 10.4. The number of aliphatic hydroxyl groups is 1. The molecule has 2 rings (SSSR count). The second-order valence-corrected chi connectivity index (χ2v) is 4.60. The fourth-order valence-electron chi connectivity index (χ4n) is 2.14. The lowest BCUT2D eigenvalue weighted by atomic mass is 9.91. The predicted molar refractivity (Wildman–Crippen MR) is 66.5 cm³/mol. The van der Waals surface area contributed by atoms with E-state index in [0.29, 0.717) is 5.57 Å². The third-order valence-electron chi connectivity index (χ3n) is 3.30. The van der Waals surface area contributed by atoms with Crippen LogP contribution in [-0.4, -0.2) is 28.4 Å². The Labute approximate surface area is 106 Å². The molecule has 18 heavy (non-hydrogen) atoms. The molecule has 1 aliphatic heterocycles. The lowest BCUT2D eigenvalue weighted by molar-refractivity contribution is -0.146. The minimum absolute atomic E-state index is 0.310. The van der Waals surface area contributed by atoms with Crippen LogP contribution in [0.5, 0.6) is 0 Å². The summed E-state index contributed by atoms with van der Waals surface area (Å²) in [6.45, 7) is 2.98. The summed E-state index contributed by atoms with van der Waals surface area (Å²) in [5.41, 5.74) is 0.108. The van der Waals surface area contributed by atoms with Crippen molar-refractivity contribution in [2.24, 2.45) is 0 Å². The second-order valence-electron chi connectivity index (χ2n) is 4.60. The number of benzene rings is 1. The first-order chi connectivity index (χ1) is 8.50. The van der Waals surface area contributed by atoms with Crippen molar-refractivity contribution in [3.05, 3.63) is 47.5 Å². The third-order valence-corrected chi connectivity index (χ3v) is 3.30. The normalized spacial score (nSPS) is 18.8. The molecular formula is C14H15NO3. The van der Waals surface area contributed by atoms with Crippen LogP contribution in [0.4, 0.5) is 0 Å². The maximum Gasteiger partial charge on any atom is 0.257 e. The summed E-state index contributed by atoms with van der Waals surface area (Å²) in [5.74, 6) is -0.724. The molecule has 0 spiro atoms. The number of hydrogen-bond donors (Lipinski definition) is 1. The maximum absolute atomic E-state index is 12.0. The van der Waals surface area contributed by atoms with Crippen molar-refractivity contribution in [3.8, 4) is 0 Å². The van der Waals surface area contributed by atoms with Crippen molar-refractivity contribution in [1.82, 2.24) is 4.90 Å². The minimum Gasteiger partial charge on any atom is -0.394 e. The molecule has 0 fully saturated rings. The van der Waals surface area contributed by atoms with Crippen LogP contribution in [0.25, 0.3) is 0 Å². The van der Waals surface area contributed by atoms with Crippen molar-refractivity contribution in [1.29, 1.82) is 0 Å². The van der Waals surface area contributed by atoms with Crippen LogP contribution < -0.4 is 0 Å². The van der Waals surface area contributed by atoms with Crippen molar-refractivity contribution in [2.75, 3.05) is 6.61 Å². The number of hydrogen-bond acceptors (Lipinski definition) is 3. The van der Waals surface area contributed by atoms with Crippen LogP contribution in [-0.2, 0) is 15.1 Å². The first kappa shape index (κ1) is 12.5. The van der Waals surface area contributed by atoms with Crippen molar-refractivity contribution in [3.63, 3.8) is 0 Å². The Kier molecular flexibility index (Phi) is 3.05. The van der Waals surface area contributed by atoms with Gasteiger partial charge >= 0.3 is 0 Å². The van der Waals surface area contributed by atoms with E-state index in [1.807, 2.05) is 18.2 Å². The van der Waals surface area contributed by atoms with E-state index in [-0.39, 0.29) is 18.4 Å². The van der Waals surface area contributed by atoms with E-state index in [1.54, 1.807) is 26.0 Å². The van der Waals surface area contributed by atoms with E-state index >= 15 is 0 Å². The molecule has 0 saturated heterocycles. The zero-order chi connectivity index (χ0) is 13.3. The van der Waals surface area contributed by atoms with Crippen molar-refractivity contribution < 1.29 is 14.7 Å². The molecule has 1 aromatic rings. The van der Waals surface area contributed by atoms with Gasteiger partial charge in [0.25, 0.3) is 11.8 Å². The molecule has 2 amide bonds. The topological polar surface area (TPSA) is 57.6 Å². The van der Waals surface area contributed by atoms with E-state index in [9.17, 15) is 14.7 Å². The number of aliphatic hydroxyl groups excluding tert-OH is 1. The standard InChI is InChI=1S/C14H15NO3/c1-10-8-12(17)15(13(10)18)14(2,9-16)11-6-4-3-5-7-11/h3-8,16H,9H2,1-2H3. The highest BCUT2D eigenvalue weighted by Crippen LogP contribution is 2.32. The van der Waals surface area contributed by atoms with Gasteiger partial charge in [-0.1, -0.05) is 30.3 Å². The Morgan fingerprint density at radius 1 is 1.22 bits per heavy atom. The van der Waals surface area contributed by atoms with Gasteiger partial charge in [0, 0.05) is 11.6 Å². The number of nitrogens with zero attached hydrogens (tertiary/aromatic N) is 1. The minimum atomic E-state index is -1.02. The number of carbonyl (C=O) groups is 2. The molecule has 1 unspecified atom stereocenters. The molecule has 4 nitrogen and oxygen atoms in total. The largest absolute Gasteiger partial charge is 0.394 e. The van der Waals surface area contributed by atoms with E-state index in [1.165, 1.54) is 6.08 Å². The SMILES string of the molecule is CC1=CC(=O)N(C(C)(CO)c2ccccc2)C1=O. The van der Waals surface area contributed by atoms with Gasteiger partial charge < -0.3 is 5.11 Å². The second kappa shape index (κ2) is 4.38. The quantitative estimate of drug-likeness (QED) is 0.814. The molecule has 1 aliphatic rings. The van der Waals surface area contributed by atoms with Crippen molar-refractivity contribution in [2.45, 2.75) is 19.4 Å². The molecule has 1 N–H and O–H groups in total. The van der Waals surface area contributed by atoms with Gasteiger partial charge in [0.05, 0.1) is 12.1 Å². The van der Waals surface area contributed by atoms with Gasteiger partial charge in [0.2, 0.25) is 0 Å². The molecule has 94 valence electrons. The molecule has 1 atom stereocenters. The molecule has 0 radical (unpaired) electrons. The highest BCUT2D eigenvalue weighted by atomic mass is 16.3. The Hall–Kier alpha value is -1.94. The monoisotopic (exact) mass is 245 g/mol. The number of carbonyl (C=O) groups excluding carboxylic acids is 2. The zero-order valence-electron chi connectivity index (χ0n) is 10.4. The van der Waals surface area contributed by atoms with Crippen LogP contribution in [0.1, 0.15) is 19.4 Å². The molecule has 1 heterocycles. The highest BCUT2D eigenvalue weighted by Gasteiger charge is 2.43. The molecule has 0 aliphatic carbocycles. The lowest BCUT2D eigenvalue weighted by Gasteiger charge is -2.36. The average Bonchev–Trinajstić information content (AvgIpc) is 2.64. The summed E-state index contributed by atoms with van der Waals surface area (Å²) in [7, 11) is 0. The van der Waals surface area contributed by atoms with Gasteiger partial charge in [-0.15, -0.1) is 0 Å². The van der Waals surface area contributed by atoms with E-state index in [2.05, 4.69) is 0 Å². The van der Waals surface area contributed by atoms with Gasteiger partial charge in [-0.05, 0) is 19.4 Å². The summed E-state index contributed by atoms with van der Waals surface area (Å²) < 4.78 is 0. The molecular weight excluding hydrogens is 230 g/mol. The van der Waals surface area contributed by atoms with E-state index < -0.39 is 5.54 Å². The summed E-state index contributed by atoms with van der Waals surface area (Å²) >= 11 is 0. The van der Waals surface area contributed by atoms with Crippen LogP contribution in [0.2, 0.25) is 0 Å². The first-order valence-electron chi connectivity index (χ1n) is 5.74. The van der Waals surface area contributed by atoms with E-state index in [0.717, 1.165) is 10.5 Å². The molecule has 0 aromatic heterocycles. The molecule has 0 saturated carbocycles. The Morgan fingerprint density at radius 2 is 1.83 bits per heavy atom. The Balaban J connectivity index is 2.47. The molecule has 1 aromatic carbocycles. The van der Waals surface area contributed by atoms with Crippen LogP contribution in [0, 0.1) is 0 Å². The van der Waals surface area contributed by atoms with Gasteiger partial charge in [-0.3, -0.25) is 14.5 Å². The third kappa shape index (κ3) is 1.75. The number of amides is 2. The molecule has 4 heteroatoms. The maximum atomic E-state index is 12.0. The molecule has 0 bridgehead atoms. The predicted octanol–water partition coefficient (Wildman–Crippen LogP) is 1.21. The number of rotatable bonds is 3. The fraction of sp³-hybridized carbons (Fsp3) is 0.286. The first-order valence-corrected chi connectivity index (χ1v) is 5.74. The Morgan fingerprint density at radius 3 is 2.28 bits per heavy atom. The van der Waals surface area contributed by atoms with Gasteiger partial charge in [0.15, 0.2) is 0 Å². The highest BCUT2D eigenvalue weighted by molar-refractivity contribution is 6.16. The fourth-order valence-corrected chi connectivity index (χ4v) is 2.14.